The Morgan fingerprint density at radius 3 is 1.71 bits per heavy atom. The van der Waals surface area contributed by atoms with Crippen LogP contribution in [-0.4, -0.2) is 20.4 Å². The van der Waals surface area contributed by atoms with Gasteiger partial charge in [0.05, 0.1) is 11.1 Å². The summed E-state index contributed by atoms with van der Waals surface area (Å²) in [7, 11) is 0. The molecule has 0 aliphatic heterocycles. The van der Waals surface area contributed by atoms with Crippen LogP contribution >= 0.6 is 0 Å². The summed E-state index contributed by atoms with van der Waals surface area (Å²) in [4.78, 5) is 0. The van der Waals surface area contributed by atoms with Crippen molar-refractivity contribution in [1.29, 1.82) is 0 Å². The van der Waals surface area contributed by atoms with E-state index in [4.69, 9.17) is 0 Å². The number of phenols is 2. The van der Waals surface area contributed by atoms with Gasteiger partial charge in [0, 0.05) is 17.2 Å². The highest BCUT2D eigenvalue weighted by Gasteiger charge is 2.41. The molecule has 0 bridgehead atoms. The Morgan fingerprint density at radius 2 is 1.26 bits per heavy atom. The third-order valence-electron chi connectivity index (χ3n) is 4.16. The highest BCUT2D eigenvalue weighted by molar-refractivity contribution is 5.86. The van der Waals surface area contributed by atoms with Crippen LogP contribution in [0.1, 0.15) is 16.8 Å². The van der Waals surface area contributed by atoms with Crippen molar-refractivity contribution in [3.8, 4) is 33.9 Å². The van der Waals surface area contributed by atoms with E-state index in [1.807, 2.05) is 0 Å². The predicted octanol–water partition coefficient (Wildman–Crippen LogP) is 6.21. The standard InChI is InChI=1S/C18H9F9N2O2/c19-16(20,21)8-3-7(4-9(5-8)17(22,23)24)13-14(28-29-15(13)18(25,26)27)11-2-1-10(30)6-12(11)31/h1-6,30-31H,(H,28,29). The molecule has 3 rings (SSSR count). The van der Waals surface area contributed by atoms with Gasteiger partial charge in [-0.25, -0.2) is 0 Å². The van der Waals surface area contributed by atoms with Crippen LogP contribution in [0.25, 0.3) is 22.4 Å². The van der Waals surface area contributed by atoms with Crippen LogP contribution in [0.3, 0.4) is 0 Å². The van der Waals surface area contributed by atoms with Crippen molar-refractivity contribution >= 4 is 0 Å². The van der Waals surface area contributed by atoms with Crippen LogP contribution in [-0.2, 0) is 18.5 Å². The van der Waals surface area contributed by atoms with Crippen LogP contribution in [0, 0.1) is 0 Å². The number of phenolic OH excluding ortho intramolecular Hbond substituents is 2. The van der Waals surface area contributed by atoms with Gasteiger partial charge in [-0.1, -0.05) is 0 Å². The number of aromatic nitrogens is 2. The lowest BCUT2D eigenvalue weighted by molar-refractivity contribution is -0.143. The molecule has 13 heteroatoms. The summed E-state index contributed by atoms with van der Waals surface area (Å²) >= 11 is 0. The van der Waals surface area contributed by atoms with Gasteiger partial charge in [0.2, 0.25) is 0 Å². The normalized spacial score (nSPS) is 12.9. The van der Waals surface area contributed by atoms with Crippen molar-refractivity contribution in [3.05, 3.63) is 53.2 Å². The number of aromatic hydroxyl groups is 2. The van der Waals surface area contributed by atoms with Crippen LogP contribution in [0.5, 0.6) is 11.5 Å². The zero-order valence-corrected chi connectivity index (χ0v) is 14.7. The third-order valence-corrected chi connectivity index (χ3v) is 4.16. The number of alkyl halides is 9. The van der Waals surface area contributed by atoms with Gasteiger partial charge in [-0.2, -0.15) is 44.6 Å². The Bertz CT molecular complexity index is 1100. The van der Waals surface area contributed by atoms with Crippen molar-refractivity contribution < 1.29 is 49.7 Å². The SMILES string of the molecule is Oc1ccc(-c2n[nH]c(C(F)(F)F)c2-c2cc(C(F)(F)F)cc(C(F)(F)F)c2)c(O)c1. The zero-order valence-electron chi connectivity index (χ0n) is 14.7. The number of hydrogen-bond donors (Lipinski definition) is 3. The minimum Gasteiger partial charge on any atom is -0.508 e. The fourth-order valence-electron chi connectivity index (χ4n) is 2.84. The summed E-state index contributed by atoms with van der Waals surface area (Å²) < 4.78 is 119. The number of nitrogens with one attached hydrogen (secondary N) is 1. The summed E-state index contributed by atoms with van der Waals surface area (Å²) in [5, 5.41) is 24.2. The molecule has 1 heterocycles. The van der Waals surface area contributed by atoms with Crippen molar-refractivity contribution in [1.82, 2.24) is 10.2 Å². The van der Waals surface area contributed by atoms with Gasteiger partial charge in [-0.05, 0) is 35.9 Å². The van der Waals surface area contributed by atoms with E-state index in [2.05, 4.69) is 5.10 Å². The summed E-state index contributed by atoms with van der Waals surface area (Å²) in [5.41, 5.74) is -8.82. The van der Waals surface area contributed by atoms with E-state index >= 15 is 0 Å². The van der Waals surface area contributed by atoms with Gasteiger partial charge in [0.1, 0.15) is 22.9 Å². The largest absolute Gasteiger partial charge is 0.508 e. The molecular formula is C18H9F9N2O2. The number of halogens is 9. The fraction of sp³-hybridized carbons (Fsp3) is 0.167. The Morgan fingerprint density at radius 1 is 0.710 bits per heavy atom. The van der Waals surface area contributed by atoms with Gasteiger partial charge in [-0.15, -0.1) is 0 Å². The van der Waals surface area contributed by atoms with Crippen molar-refractivity contribution in [2.24, 2.45) is 0 Å². The molecule has 0 atom stereocenters. The lowest BCUT2D eigenvalue weighted by Gasteiger charge is -2.16. The van der Waals surface area contributed by atoms with E-state index in [-0.39, 0.29) is 18.2 Å². The molecule has 0 saturated heterocycles. The maximum absolute atomic E-state index is 13.5. The molecule has 0 aliphatic carbocycles. The first-order valence-corrected chi connectivity index (χ1v) is 8.07. The maximum atomic E-state index is 13.5. The zero-order chi connectivity index (χ0) is 23.4. The van der Waals surface area contributed by atoms with Gasteiger partial charge in [0.25, 0.3) is 0 Å². The summed E-state index contributed by atoms with van der Waals surface area (Å²) in [5.74, 6) is -1.29. The van der Waals surface area contributed by atoms with Crippen LogP contribution in [0.2, 0.25) is 0 Å². The maximum Gasteiger partial charge on any atom is 0.433 e. The molecule has 0 amide bonds. The number of aromatic amines is 1. The first kappa shape index (κ1) is 22.3. The molecule has 31 heavy (non-hydrogen) atoms. The predicted molar refractivity (Wildman–Crippen MR) is 87.8 cm³/mol. The number of benzene rings is 2. The van der Waals surface area contributed by atoms with Crippen molar-refractivity contribution in [2.45, 2.75) is 18.5 Å². The molecular weight excluding hydrogens is 447 g/mol. The summed E-state index contributed by atoms with van der Waals surface area (Å²) in [6.45, 7) is 0. The van der Waals surface area contributed by atoms with E-state index in [1.165, 1.54) is 0 Å². The molecule has 0 spiro atoms. The third kappa shape index (κ3) is 4.39. The first-order chi connectivity index (χ1) is 14.1. The quantitative estimate of drug-likeness (QED) is 0.402. The van der Waals surface area contributed by atoms with Gasteiger partial charge < -0.3 is 10.2 Å². The topological polar surface area (TPSA) is 69.1 Å². The molecule has 0 saturated carbocycles. The lowest BCUT2D eigenvalue weighted by atomic mass is 9.94. The Hall–Kier alpha value is -3.38. The van der Waals surface area contributed by atoms with E-state index in [9.17, 15) is 49.7 Å². The average Bonchev–Trinajstić information content (AvgIpc) is 3.05. The van der Waals surface area contributed by atoms with E-state index in [1.54, 1.807) is 5.10 Å². The van der Waals surface area contributed by atoms with Gasteiger partial charge >= 0.3 is 18.5 Å². The van der Waals surface area contributed by atoms with Crippen molar-refractivity contribution in [2.75, 3.05) is 0 Å². The highest BCUT2D eigenvalue weighted by Crippen LogP contribution is 2.46. The molecule has 0 unspecified atom stereocenters. The molecule has 3 aromatic rings. The minimum atomic E-state index is -5.29. The van der Waals surface area contributed by atoms with Crippen LogP contribution in [0.15, 0.2) is 36.4 Å². The lowest BCUT2D eigenvalue weighted by Crippen LogP contribution is -2.12. The molecule has 1 aromatic heterocycles. The monoisotopic (exact) mass is 456 g/mol. The van der Waals surface area contributed by atoms with E-state index in [0.717, 1.165) is 12.1 Å². The second kappa shape index (κ2) is 7.10. The van der Waals surface area contributed by atoms with E-state index in [0.29, 0.717) is 6.07 Å². The Labute approximate surface area is 166 Å². The average molecular weight is 456 g/mol. The molecule has 3 N–H and O–H groups in total. The minimum absolute atomic E-state index is 0.121. The van der Waals surface area contributed by atoms with Crippen LogP contribution < -0.4 is 0 Å². The summed E-state index contributed by atoms with van der Waals surface area (Å²) in [6, 6.07) is 2.58. The Balaban J connectivity index is 2.40. The number of H-pyrrole nitrogens is 1. The molecule has 166 valence electrons. The Kier molecular flexibility index (Phi) is 5.11. The molecule has 0 radical (unpaired) electrons. The highest BCUT2D eigenvalue weighted by atomic mass is 19.4. The van der Waals surface area contributed by atoms with Crippen LogP contribution in [0.4, 0.5) is 39.5 Å². The smallest absolute Gasteiger partial charge is 0.433 e. The fourth-order valence-corrected chi connectivity index (χ4v) is 2.84. The molecule has 0 fully saturated rings. The number of rotatable bonds is 2. The number of hydrogen-bond acceptors (Lipinski definition) is 3. The van der Waals surface area contributed by atoms with Gasteiger partial charge in [-0.3, -0.25) is 5.10 Å². The molecule has 4 nitrogen and oxygen atoms in total. The van der Waals surface area contributed by atoms with E-state index < -0.39 is 69.2 Å². The number of nitrogens with zero attached hydrogens (tertiary/aromatic N) is 1. The molecule has 0 aliphatic rings. The second-order valence-corrected chi connectivity index (χ2v) is 6.32. The first-order valence-electron chi connectivity index (χ1n) is 8.07. The van der Waals surface area contributed by atoms with Crippen molar-refractivity contribution in [3.63, 3.8) is 0 Å². The molecule has 2 aromatic carbocycles. The second-order valence-electron chi connectivity index (χ2n) is 6.32. The summed E-state index contributed by atoms with van der Waals surface area (Å²) in [6.07, 6.45) is -15.8. The van der Waals surface area contributed by atoms with Gasteiger partial charge in [0.15, 0.2) is 0 Å².